The zero-order valence-electron chi connectivity index (χ0n) is 41.5. The smallest absolute Gasteiger partial charge is 0.231 e. The molecule has 5 saturated heterocycles. The molecular weight excluding hydrogens is 871 g/mol. The monoisotopic (exact) mass is 948 g/mol. The van der Waals surface area contributed by atoms with E-state index >= 15 is 0 Å². The number of nitrogens with one attached hydrogen (secondary N) is 2. The first kappa shape index (κ1) is 51.5. The van der Waals surface area contributed by atoms with Crippen LogP contribution in [0.3, 0.4) is 0 Å². The molecule has 6 heterocycles. The number of likely N-dealkylation sites (tertiary alicyclic amines) is 4. The van der Waals surface area contributed by atoms with E-state index in [1.54, 1.807) is 11.0 Å². The van der Waals surface area contributed by atoms with Gasteiger partial charge in [0.05, 0.1) is 24.0 Å². The number of aliphatic hydroxyl groups excluding tert-OH is 1. The van der Waals surface area contributed by atoms with Gasteiger partial charge in [-0.05, 0) is 118 Å². The van der Waals surface area contributed by atoms with Crippen LogP contribution in [-0.2, 0) is 20.9 Å². The lowest BCUT2D eigenvalue weighted by atomic mass is 9.60. The molecule has 9 rings (SSSR count). The van der Waals surface area contributed by atoms with Gasteiger partial charge in [-0.25, -0.2) is 0 Å². The van der Waals surface area contributed by atoms with Gasteiger partial charge in [-0.1, -0.05) is 51.0 Å². The number of benzene rings is 2. The van der Waals surface area contributed by atoms with Crippen LogP contribution < -0.4 is 21.3 Å². The normalized spacial score (nSPS) is 21.7. The first-order chi connectivity index (χ1) is 33.1. The van der Waals surface area contributed by atoms with Gasteiger partial charge in [0, 0.05) is 102 Å². The van der Waals surface area contributed by atoms with Gasteiger partial charge in [0.2, 0.25) is 18.2 Å². The molecule has 6 aliphatic rings. The van der Waals surface area contributed by atoms with Gasteiger partial charge >= 0.3 is 0 Å². The summed E-state index contributed by atoms with van der Waals surface area (Å²) in [4.78, 5) is 47.4. The average molecular weight is 948 g/mol. The maximum absolute atomic E-state index is 11.6. The van der Waals surface area contributed by atoms with Crippen molar-refractivity contribution >= 4 is 29.7 Å². The number of carbonyl (C=O) groups excluding carboxylic acids is 3. The molecule has 0 bridgehead atoms. The van der Waals surface area contributed by atoms with Crippen LogP contribution >= 0.6 is 0 Å². The molecule has 1 spiro atoms. The minimum atomic E-state index is -0.302. The summed E-state index contributed by atoms with van der Waals surface area (Å²) in [5.41, 5.74) is 10.2. The molecule has 1 saturated carbocycles. The number of aromatic nitrogens is 2. The molecule has 1 aliphatic carbocycles. The zero-order valence-corrected chi connectivity index (χ0v) is 41.5. The molecule has 3 amide bonds. The van der Waals surface area contributed by atoms with Crippen molar-refractivity contribution in [1.82, 2.24) is 40.0 Å². The number of β-amino-alcohol motifs (C(OH)–C–C–N with tert-alkyl or cyclic N) is 1. The molecule has 3 aromatic rings. The number of hydrogen-bond donors (Lipinski definition) is 5. The fourth-order valence-electron chi connectivity index (χ4n) is 11.3. The van der Waals surface area contributed by atoms with E-state index in [1.807, 2.05) is 49.5 Å². The van der Waals surface area contributed by atoms with Crippen LogP contribution in [0.4, 0.5) is 11.5 Å². The summed E-state index contributed by atoms with van der Waals surface area (Å²) < 4.78 is 0. The second-order valence-electron chi connectivity index (χ2n) is 21.3. The summed E-state index contributed by atoms with van der Waals surface area (Å²) in [6, 6.07) is 19.0. The number of rotatable bonds is 12. The Balaban J connectivity index is 0.000000229. The van der Waals surface area contributed by atoms with Crippen LogP contribution in [0.15, 0.2) is 54.6 Å². The number of carbonyl (C=O) groups is 3. The molecule has 16 heteroatoms. The number of nitrogens with two attached hydrogens (primary N) is 1. The minimum Gasteiger partial charge on any atom is -0.507 e. The fourth-order valence-corrected chi connectivity index (χ4v) is 11.3. The number of phenolic OH excluding ortho intramolecular Hbond substituents is 1. The number of anilines is 2. The van der Waals surface area contributed by atoms with Crippen LogP contribution in [0.25, 0.3) is 11.3 Å². The van der Waals surface area contributed by atoms with Gasteiger partial charge in [-0.15, -0.1) is 16.6 Å². The standard InChI is InChI=1S/C33H49N9O2.C10H19NO2.C10H9NO/c1-35-32-29(18-28(36-37-32)27-4-2-3-5-30(27)43)42-16-14-41(15-17-42)25-6-10-39(11-7-25)24-8-12-40(13-9-24)26-19-33(20-26)22-38(23-33)21-31(34)44;1-10(2,3)6-9(13)11-5-4-8(12)7-11;1-2-9-3-5-10(6-4-9)7-11-8-12/h2-5,18,24-26,43H,6-17,19-23H2,1H3,(H2,34,44)(H,35,37);8,12H,4-7H2,1-3H3;1,3-6,8H,7H2,(H,11,12). The topological polar surface area (TPSA) is 187 Å². The van der Waals surface area contributed by atoms with Crippen molar-refractivity contribution in [1.29, 1.82) is 0 Å². The molecule has 374 valence electrons. The summed E-state index contributed by atoms with van der Waals surface area (Å²) >= 11 is 0. The molecule has 1 unspecified atom stereocenters. The first-order valence-electron chi connectivity index (χ1n) is 25.1. The summed E-state index contributed by atoms with van der Waals surface area (Å²) in [5.74, 6) is 3.50. The predicted molar refractivity (Wildman–Crippen MR) is 271 cm³/mol. The van der Waals surface area contributed by atoms with E-state index in [0.717, 1.165) is 86.9 Å². The van der Waals surface area contributed by atoms with Crippen molar-refractivity contribution in [2.75, 3.05) is 102 Å². The Labute approximate surface area is 410 Å². The third-order valence-electron chi connectivity index (χ3n) is 14.9. The molecule has 6 N–H and O–H groups in total. The Morgan fingerprint density at radius 2 is 1.46 bits per heavy atom. The lowest BCUT2D eigenvalue weighted by Gasteiger charge is -2.61. The Bertz CT molecular complexity index is 2190. The number of piperidine rings is 2. The highest BCUT2D eigenvalue weighted by Gasteiger charge is 2.54. The van der Waals surface area contributed by atoms with Gasteiger partial charge in [0.1, 0.15) is 5.75 Å². The number of aromatic hydroxyl groups is 1. The van der Waals surface area contributed by atoms with Crippen molar-refractivity contribution in [2.24, 2.45) is 16.6 Å². The summed E-state index contributed by atoms with van der Waals surface area (Å²) in [6.07, 6.45) is 14.6. The molecule has 1 aromatic heterocycles. The number of primary amides is 1. The first-order valence-corrected chi connectivity index (χ1v) is 25.1. The van der Waals surface area contributed by atoms with E-state index in [-0.39, 0.29) is 29.1 Å². The Morgan fingerprint density at radius 3 is 2.00 bits per heavy atom. The quantitative estimate of drug-likeness (QED) is 0.131. The number of phenols is 1. The van der Waals surface area contributed by atoms with E-state index in [2.05, 4.69) is 78.1 Å². The number of terminal acetylenes is 1. The van der Waals surface area contributed by atoms with Crippen LogP contribution in [0, 0.1) is 23.2 Å². The lowest BCUT2D eigenvalue weighted by Crippen LogP contribution is -2.68. The number of hydrogen-bond acceptors (Lipinski definition) is 13. The third-order valence-corrected chi connectivity index (χ3v) is 14.9. The second kappa shape index (κ2) is 23.5. The van der Waals surface area contributed by atoms with Crippen LogP contribution in [0.5, 0.6) is 5.75 Å². The van der Waals surface area contributed by atoms with Crippen LogP contribution in [0.2, 0.25) is 0 Å². The SMILES string of the molecule is C#Cc1ccc(CNC=O)cc1.CC(C)(C)CC(=O)N1CCC(O)C1.CNc1nnc(-c2ccccc2O)cc1N1CCN(C2CCN(C3CCN(C4CC5(C4)CN(CC(N)=O)C5)CC3)CC2)CC1. The van der Waals surface area contributed by atoms with E-state index in [4.69, 9.17) is 12.2 Å². The third kappa shape index (κ3) is 13.9. The van der Waals surface area contributed by atoms with Crippen molar-refractivity contribution in [3.8, 4) is 29.4 Å². The number of amides is 3. The fraction of sp³-hybridized carbons (Fsp3) is 0.604. The van der Waals surface area contributed by atoms with Crippen LogP contribution in [-0.4, -0.2) is 179 Å². The summed E-state index contributed by atoms with van der Waals surface area (Å²) in [7, 11) is 1.89. The molecule has 2 aromatic carbocycles. The van der Waals surface area contributed by atoms with E-state index in [0.29, 0.717) is 55.2 Å². The molecule has 16 nitrogen and oxygen atoms in total. The van der Waals surface area contributed by atoms with Crippen molar-refractivity contribution in [2.45, 2.75) is 103 Å². The Morgan fingerprint density at radius 1 is 0.855 bits per heavy atom. The maximum Gasteiger partial charge on any atom is 0.231 e. The zero-order chi connectivity index (χ0) is 49.1. The number of aliphatic hydroxyl groups is 1. The molecule has 6 fully saturated rings. The highest BCUT2D eigenvalue weighted by Crippen LogP contribution is 2.50. The molecular formula is C53H77N11O5. The summed E-state index contributed by atoms with van der Waals surface area (Å²) in [6.45, 7) is 19.5. The minimum absolute atomic E-state index is 0.0463. The van der Waals surface area contributed by atoms with Gasteiger partial charge in [0.25, 0.3) is 0 Å². The van der Waals surface area contributed by atoms with Crippen molar-refractivity contribution in [3.05, 3.63) is 65.7 Å². The van der Waals surface area contributed by atoms with E-state index in [9.17, 15) is 24.6 Å². The average Bonchev–Trinajstić information content (AvgIpc) is 3.78. The Kier molecular flexibility index (Phi) is 17.6. The van der Waals surface area contributed by atoms with Crippen molar-refractivity contribution in [3.63, 3.8) is 0 Å². The van der Waals surface area contributed by atoms with E-state index < -0.39 is 0 Å². The maximum atomic E-state index is 11.6. The van der Waals surface area contributed by atoms with Gasteiger partial charge in [0.15, 0.2) is 5.82 Å². The molecule has 69 heavy (non-hydrogen) atoms. The molecule has 0 radical (unpaired) electrons. The van der Waals surface area contributed by atoms with Crippen molar-refractivity contribution < 1.29 is 24.6 Å². The van der Waals surface area contributed by atoms with E-state index in [1.165, 1.54) is 64.7 Å². The summed E-state index contributed by atoms with van der Waals surface area (Å²) in [5, 5.41) is 34.2. The highest BCUT2D eigenvalue weighted by molar-refractivity contribution is 5.77. The largest absolute Gasteiger partial charge is 0.507 e. The van der Waals surface area contributed by atoms with Gasteiger partial charge in [-0.3, -0.25) is 24.2 Å². The van der Waals surface area contributed by atoms with Crippen LogP contribution in [0.1, 0.15) is 83.3 Å². The second-order valence-corrected chi connectivity index (χ2v) is 21.3. The number of piperazine rings is 1. The number of para-hydroxylation sites is 1. The lowest BCUT2D eigenvalue weighted by molar-refractivity contribution is -0.134. The predicted octanol–water partition coefficient (Wildman–Crippen LogP) is 3.82. The molecule has 1 atom stereocenters. The van der Waals surface area contributed by atoms with Gasteiger partial charge < -0.3 is 46.2 Å². The number of nitrogens with zero attached hydrogens (tertiary/aromatic N) is 8. The Hall–Kier alpha value is -5.31. The molecule has 5 aliphatic heterocycles. The highest BCUT2D eigenvalue weighted by atomic mass is 16.3. The van der Waals surface area contributed by atoms with Gasteiger partial charge in [-0.2, -0.15) is 0 Å².